The lowest BCUT2D eigenvalue weighted by Gasteiger charge is -2.22. The predicted molar refractivity (Wildman–Crippen MR) is 147 cm³/mol. The molecule has 0 bridgehead atoms. The summed E-state index contributed by atoms with van der Waals surface area (Å²) in [5.41, 5.74) is 3.66. The fourth-order valence-corrected chi connectivity index (χ4v) is 4.53. The molecule has 0 saturated carbocycles. The lowest BCUT2D eigenvalue weighted by molar-refractivity contribution is 0.102. The average Bonchev–Trinajstić information content (AvgIpc) is 3.60. The molecule has 4 aromatic rings. The molecule has 0 radical (unpaired) electrons. The SMILES string of the molecule is CCCN(CCC)Cc1ccc(NC(=O)c2ccccc2CN(Cc2ncc[nH]2)Cc2ncc[nH]2)cc1. The highest BCUT2D eigenvalue weighted by molar-refractivity contribution is 6.05. The van der Waals surface area contributed by atoms with E-state index >= 15 is 0 Å². The first-order chi connectivity index (χ1) is 18.1. The number of aromatic nitrogens is 4. The molecule has 0 aliphatic rings. The van der Waals surface area contributed by atoms with Gasteiger partial charge >= 0.3 is 0 Å². The second-order valence-electron chi connectivity index (χ2n) is 9.30. The number of aromatic amines is 2. The zero-order valence-corrected chi connectivity index (χ0v) is 21.8. The molecule has 3 N–H and O–H groups in total. The number of amides is 1. The Balaban J connectivity index is 1.44. The lowest BCUT2D eigenvalue weighted by Crippen LogP contribution is -2.25. The molecule has 0 fully saturated rings. The van der Waals surface area contributed by atoms with E-state index < -0.39 is 0 Å². The molecule has 8 heteroatoms. The van der Waals surface area contributed by atoms with Crippen LogP contribution in [0.15, 0.2) is 73.3 Å². The van der Waals surface area contributed by atoms with Crippen molar-refractivity contribution < 1.29 is 4.79 Å². The van der Waals surface area contributed by atoms with Crippen LogP contribution >= 0.6 is 0 Å². The summed E-state index contributed by atoms with van der Waals surface area (Å²) in [6.45, 7) is 9.35. The van der Waals surface area contributed by atoms with Gasteiger partial charge in [0, 0.05) is 49.1 Å². The van der Waals surface area contributed by atoms with Gasteiger partial charge in [0.2, 0.25) is 0 Å². The topological polar surface area (TPSA) is 92.9 Å². The number of carbonyl (C=O) groups excluding carboxylic acids is 1. The third-order valence-electron chi connectivity index (χ3n) is 6.21. The zero-order valence-electron chi connectivity index (χ0n) is 21.8. The molecule has 2 heterocycles. The van der Waals surface area contributed by atoms with Crippen molar-refractivity contribution in [3.05, 3.63) is 102 Å². The Kier molecular flexibility index (Phi) is 9.62. The van der Waals surface area contributed by atoms with Crippen LogP contribution in [0.5, 0.6) is 0 Å². The van der Waals surface area contributed by atoms with Crippen molar-refractivity contribution in [1.29, 1.82) is 0 Å². The van der Waals surface area contributed by atoms with E-state index in [0.29, 0.717) is 25.2 Å². The second-order valence-corrected chi connectivity index (χ2v) is 9.30. The van der Waals surface area contributed by atoms with Crippen molar-refractivity contribution in [2.24, 2.45) is 0 Å². The van der Waals surface area contributed by atoms with Gasteiger partial charge in [0.05, 0.1) is 13.1 Å². The van der Waals surface area contributed by atoms with Crippen LogP contribution in [0, 0.1) is 0 Å². The summed E-state index contributed by atoms with van der Waals surface area (Å²) in [5.74, 6) is 1.62. The highest BCUT2D eigenvalue weighted by Gasteiger charge is 2.17. The molecule has 0 aliphatic heterocycles. The maximum absolute atomic E-state index is 13.3. The third-order valence-corrected chi connectivity index (χ3v) is 6.21. The van der Waals surface area contributed by atoms with Crippen molar-refractivity contribution in [2.45, 2.75) is 52.9 Å². The van der Waals surface area contributed by atoms with E-state index in [1.807, 2.05) is 48.8 Å². The van der Waals surface area contributed by atoms with Gasteiger partial charge in [-0.25, -0.2) is 9.97 Å². The number of benzene rings is 2. The Morgan fingerprint density at radius 3 is 1.97 bits per heavy atom. The van der Waals surface area contributed by atoms with Crippen LogP contribution in [0.1, 0.15) is 59.8 Å². The van der Waals surface area contributed by atoms with Crippen molar-refractivity contribution >= 4 is 11.6 Å². The molecule has 0 atom stereocenters. The smallest absolute Gasteiger partial charge is 0.255 e. The molecule has 0 spiro atoms. The molecule has 0 saturated heterocycles. The molecule has 37 heavy (non-hydrogen) atoms. The predicted octanol–water partition coefficient (Wildman–Crippen LogP) is 5.21. The minimum atomic E-state index is -0.113. The maximum Gasteiger partial charge on any atom is 0.255 e. The summed E-state index contributed by atoms with van der Waals surface area (Å²) >= 11 is 0. The molecular weight excluding hydrogens is 462 g/mol. The Hall–Kier alpha value is -3.75. The molecule has 2 aromatic heterocycles. The number of anilines is 1. The van der Waals surface area contributed by atoms with Crippen LogP contribution < -0.4 is 5.32 Å². The number of nitrogens with one attached hydrogen (secondary N) is 3. The summed E-state index contributed by atoms with van der Waals surface area (Å²) in [5, 5.41) is 3.09. The number of nitrogens with zero attached hydrogens (tertiary/aromatic N) is 4. The molecule has 4 rings (SSSR count). The van der Waals surface area contributed by atoms with Crippen LogP contribution in [0.4, 0.5) is 5.69 Å². The number of carbonyl (C=O) groups is 1. The zero-order chi connectivity index (χ0) is 25.9. The van der Waals surface area contributed by atoms with Crippen molar-refractivity contribution in [3.63, 3.8) is 0 Å². The van der Waals surface area contributed by atoms with E-state index in [4.69, 9.17) is 0 Å². The van der Waals surface area contributed by atoms with E-state index in [1.165, 1.54) is 5.56 Å². The summed E-state index contributed by atoms with van der Waals surface area (Å²) in [6.07, 6.45) is 9.43. The molecule has 0 aliphatic carbocycles. The van der Waals surface area contributed by atoms with E-state index in [0.717, 1.165) is 55.4 Å². The van der Waals surface area contributed by atoms with Crippen LogP contribution in [0.2, 0.25) is 0 Å². The van der Waals surface area contributed by atoms with Gasteiger partial charge in [-0.2, -0.15) is 0 Å². The molecule has 1 amide bonds. The second kappa shape index (κ2) is 13.5. The Labute approximate surface area is 219 Å². The minimum absolute atomic E-state index is 0.113. The molecule has 194 valence electrons. The minimum Gasteiger partial charge on any atom is -0.348 e. The lowest BCUT2D eigenvalue weighted by atomic mass is 10.1. The highest BCUT2D eigenvalue weighted by atomic mass is 16.1. The maximum atomic E-state index is 13.3. The van der Waals surface area contributed by atoms with Crippen LogP contribution in [-0.2, 0) is 26.2 Å². The molecular formula is C29H37N7O. The summed E-state index contributed by atoms with van der Waals surface area (Å²) in [6, 6.07) is 16.0. The quantitative estimate of drug-likeness (QED) is 0.221. The van der Waals surface area contributed by atoms with Crippen LogP contribution in [0.3, 0.4) is 0 Å². The van der Waals surface area contributed by atoms with Crippen LogP contribution in [0.25, 0.3) is 0 Å². The first-order valence-electron chi connectivity index (χ1n) is 13.0. The van der Waals surface area contributed by atoms with Gasteiger partial charge in [-0.05, 0) is 55.3 Å². The van der Waals surface area contributed by atoms with Gasteiger partial charge in [0.1, 0.15) is 11.6 Å². The molecule has 0 unspecified atom stereocenters. The number of hydrogen-bond acceptors (Lipinski definition) is 5. The van der Waals surface area contributed by atoms with Gasteiger partial charge in [-0.1, -0.05) is 44.2 Å². The highest BCUT2D eigenvalue weighted by Crippen LogP contribution is 2.18. The fraction of sp³-hybridized carbons (Fsp3) is 0.345. The Morgan fingerprint density at radius 1 is 0.784 bits per heavy atom. The third kappa shape index (κ3) is 7.87. The Bertz CT molecular complexity index is 1160. The summed E-state index contributed by atoms with van der Waals surface area (Å²) in [4.78, 5) is 33.1. The summed E-state index contributed by atoms with van der Waals surface area (Å²) < 4.78 is 0. The number of hydrogen-bond donors (Lipinski definition) is 3. The molecule has 8 nitrogen and oxygen atoms in total. The van der Waals surface area contributed by atoms with Crippen molar-refractivity contribution in [1.82, 2.24) is 29.7 Å². The van der Waals surface area contributed by atoms with Gasteiger partial charge in [0.25, 0.3) is 5.91 Å². The first-order valence-corrected chi connectivity index (χ1v) is 13.0. The van der Waals surface area contributed by atoms with Gasteiger partial charge in [0.15, 0.2) is 0 Å². The monoisotopic (exact) mass is 499 g/mol. The van der Waals surface area contributed by atoms with Crippen LogP contribution in [-0.4, -0.2) is 48.7 Å². The fourth-order valence-electron chi connectivity index (χ4n) is 4.53. The normalized spacial score (nSPS) is 11.4. The van der Waals surface area contributed by atoms with Crippen molar-refractivity contribution in [2.75, 3.05) is 18.4 Å². The molecule has 2 aromatic carbocycles. The summed E-state index contributed by atoms with van der Waals surface area (Å²) in [7, 11) is 0. The average molecular weight is 500 g/mol. The number of H-pyrrole nitrogens is 2. The number of imidazole rings is 2. The van der Waals surface area contributed by atoms with E-state index in [1.54, 1.807) is 12.4 Å². The van der Waals surface area contributed by atoms with Gasteiger partial charge < -0.3 is 15.3 Å². The van der Waals surface area contributed by atoms with Crippen molar-refractivity contribution in [3.8, 4) is 0 Å². The van der Waals surface area contributed by atoms with E-state index in [-0.39, 0.29) is 5.91 Å². The van der Waals surface area contributed by atoms with E-state index in [2.05, 4.69) is 61.0 Å². The number of rotatable bonds is 14. The first kappa shape index (κ1) is 26.3. The standard InChI is InChI=1S/C29H37N7O/c1-3-17-35(18-4-2)19-23-9-11-25(12-10-23)34-29(37)26-8-6-5-7-24(26)20-36(21-27-30-13-14-31-27)22-28-32-15-16-33-28/h5-16H,3-4,17-22H2,1-2H3,(H,30,31)(H,32,33)(H,34,37). The van der Waals surface area contributed by atoms with E-state index in [9.17, 15) is 4.79 Å². The largest absolute Gasteiger partial charge is 0.348 e. The van der Waals surface area contributed by atoms with Gasteiger partial charge in [-0.15, -0.1) is 0 Å². The Morgan fingerprint density at radius 2 is 1.41 bits per heavy atom. The van der Waals surface area contributed by atoms with Gasteiger partial charge in [-0.3, -0.25) is 14.6 Å².